The van der Waals surface area contributed by atoms with Crippen LogP contribution in [0.25, 0.3) is 0 Å². The molecule has 0 fully saturated rings. The van der Waals surface area contributed by atoms with Crippen molar-refractivity contribution in [1.82, 2.24) is 10.6 Å². The summed E-state index contributed by atoms with van der Waals surface area (Å²) < 4.78 is 0. The van der Waals surface area contributed by atoms with E-state index in [0.29, 0.717) is 18.0 Å². The van der Waals surface area contributed by atoms with Gasteiger partial charge in [-0.05, 0) is 24.1 Å². The lowest BCUT2D eigenvalue weighted by Gasteiger charge is -2.18. The maximum atomic E-state index is 11.9. The Balaban J connectivity index is 1.90. The van der Waals surface area contributed by atoms with Crippen molar-refractivity contribution < 1.29 is 9.90 Å². The van der Waals surface area contributed by atoms with Gasteiger partial charge in [-0.25, -0.2) is 0 Å². The monoisotopic (exact) mass is 280 g/mol. The number of hydrogen-bond donors (Lipinski definition) is 3. The van der Waals surface area contributed by atoms with Gasteiger partial charge in [-0.1, -0.05) is 35.9 Å². The smallest absolute Gasteiger partial charge is 0.241 e. The van der Waals surface area contributed by atoms with E-state index in [2.05, 4.69) is 10.6 Å². The van der Waals surface area contributed by atoms with Gasteiger partial charge in [-0.15, -0.1) is 0 Å². The molecule has 0 aromatic heterocycles. The molecule has 1 aliphatic heterocycles. The number of benzene rings is 1. The van der Waals surface area contributed by atoms with Crippen LogP contribution < -0.4 is 10.6 Å². The van der Waals surface area contributed by atoms with Crippen LogP contribution in [0, 0.1) is 0 Å². The van der Waals surface area contributed by atoms with E-state index >= 15 is 0 Å². The molecule has 0 spiro atoms. The minimum atomic E-state index is -0.292. The van der Waals surface area contributed by atoms with Crippen LogP contribution in [-0.2, 0) is 11.2 Å². The third-order valence-corrected chi connectivity index (χ3v) is 3.28. The summed E-state index contributed by atoms with van der Waals surface area (Å²) in [5.74, 6) is -0.109. The van der Waals surface area contributed by atoms with Crippen LogP contribution in [0.2, 0.25) is 5.02 Å². The van der Waals surface area contributed by atoms with Gasteiger partial charge >= 0.3 is 0 Å². The molecule has 0 saturated carbocycles. The lowest BCUT2D eigenvalue weighted by molar-refractivity contribution is -0.122. The normalized spacial score (nSPS) is 19.4. The van der Waals surface area contributed by atoms with E-state index in [1.807, 2.05) is 24.3 Å². The number of carbonyl (C=O) groups is 1. The van der Waals surface area contributed by atoms with Gasteiger partial charge in [0.1, 0.15) is 6.04 Å². The van der Waals surface area contributed by atoms with E-state index in [1.54, 1.807) is 12.1 Å². The van der Waals surface area contributed by atoms with Crippen molar-refractivity contribution in [3.8, 4) is 0 Å². The van der Waals surface area contributed by atoms with Gasteiger partial charge in [0.15, 0.2) is 0 Å². The zero-order chi connectivity index (χ0) is 13.7. The summed E-state index contributed by atoms with van der Waals surface area (Å²) in [6, 6.07) is 6.81. The van der Waals surface area contributed by atoms with E-state index in [0.717, 1.165) is 5.56 Å². The molecule has 0 bridgehead atoms. The zero-order valence-electron chi connectivity index (χ0n) is 10.5. The molecule has 1 unspecified atom stereocenters. The third kappa shape index (κ3) is 4.06. The summed E-state index contributed by atoms with van der Waals surface area (Å²) in [5, 5.41) is 15.9. The second-order valence-corrected chi connectivity index (χ2v) is 4.97. The number of nitrogens with one attached hydrogen (secondary N) is 2. The molecule has 0 radical (unpaired) electrons. The maximum Gasteiger partial charge on any atom is 0.241 e. The molecular formula is C14H17ClN2O2. The molecule has 1 heterocycles. The van der Waals surface area contributed by atoms with Crippen LogP contribution in [-0.4, -0.2) is 36.2 Å². The molecule has 0 saturated heterocycles. The third-order valence-electron chi connectivity index (χ3n) is 3.03. The van der Waals surface area contributed by atoms with Gasteiger partial charge in [0.2, 0.25) is 5.91 Å². The fraction of sp³-hybridized carbons (Fsp3) is 0.357. The molecule has 1 aliphatic rings. The summed E-state index contributed by atoms with van der Waals surface area (Å²) in [5.41, 5.74) is 1.03. The topological polar surface area (TPSA) is 61.4 Å². The molecule has 4 nitrogen and oxygen atoms in total. The van der Waals surface area contributed by atoms with Gasteiger partial charge in [-0.2, -0.15) is 0 Å². The number of amides is 1. The molecule has 102 valence electrons. The SMILES string of the molecule is O=C(NC(CO)Cc1ccc(Cl)cc1)[C@@H]1C=CCN1. The van der Waals surface area contributed by atoms with Crippen molar-refractivity contribution in [3.05, 3.63) is 47.0 Å². The second kappa shape index (κ2) is 6.70. The molecule has 1 amide bonds. The highest BCUT2D eigenvalue weighted by atomic mass is 35.5. The largest absolute Gasteiger partial charge is 0.394 e. The van der Waals surface area contributed by atoms with E-state index in [1.165, 1.54) is 0 Å². The quantitative estimate of drug-likeness (QED) is 0.702. The Labute approximate surface area is 117 Å². The summed E-state index contributed by atoms with van der Waals surface area (Å²) in [6.07, 6.45) is 4.32. The highest BCUT2D eigenvalue weighted by Gasteiger charge is 2.20. The molecule has 3 N–H and O–H groups in total. The Bertz CT molecular complexity index is 459. The van der Waals surface area contributed by atoms with Crippen molar-refractivity contribution in [2.45, 2.75) is 18.5 Å². The molecule has 1 aromatic rings. The lowest BCUT2D eigenvalue weighted by atomic mass is 10.1. The van der Waals surface area contributed by atoms with Crippen molar-refractivity contribution in [1.29, 1.82) is 0 Å². The number of hydrogen-bond acceptors (Lipinski definition) is 3. The highest BCUT2D eigenvalue weighted by Crippen LogP contribution is 2.11. The summed E-state index contributed by atoms with van der Waals surface area (Å²) in [7, 11) is 0. The van der Waals surface area contributed by atoms with E-state index in [9.17, 15) is 9.90 Å². The van der Waals surface area contributed by atoms with Gasteiger partial charge in [-0.3, -0.25) is 10.1 Å². The Morgan fingerprint density at radius 2 is 2.21 bits per heavy atom. The second-order valence-electron chi connectivity index (χ2n) is 4.53. The average molecular weight is 281 g/mol. The molecule has 1 aromatic carbocycles. The van der Waals surface area contributed by atoms with E-state index in [4.69, 9.17) is 11.6 Å². The van der Waals surface area contributed by atoms with Crippen molar-refractivity contribution in [2.24, 2.45) is 0 Å². The van der Waals surface area contributed by atoms with Crippen molar-refractivity contribution in [3.63, 3.8) is 0 Å². The molecular weight excluding hydrogens is 264 g/mol. The van der Waals surface area contributed by atoms with Gasteiger partial charge in [0.05, 0.1) is 12.6 Å². The number of aliphatic hydroxyl groups is 1. The lowest BCUT2D eigenvalue weighted by Crippen LogP contribution is -2.47. The Morgan fingerprint density at radius 1 is 1.47 bits per heavy atom. The van der Waals surface area contributed by atoms with Gasteiger partial charge in [0, 0.05) is 11.6 Å². The number of carbonyl (C=O) groups excluding carboxylic acids is 1. The molecule has 5 heteroatoms. The summed E-state index contributed by atoms with van der Waals surface area (Å²) >= 11 is 5.82. The predicted molar refractivity (Wildman–Crippen MR) is 75.1 cm³/mol. The van der Waals surface area contributed by atoms with Crippen LogP contribution in [0.1, 0.15) is 5.56 Å². The Hall–Kier alpha value is -1.36. The van der Waals surface area contributed by atoms with Crippen molar-refractivity contribution >= 4 is 17.5 Å². The van der Waals surface area contributed by atoms with Crippen LogP contribution in [0.4, 0.5) is 0 Å². The predicted octanol–water partition coefficient (Wildman–Crippen LogP) is 0.888. The number of halogens is 1. The Kier molecular flexibility index (Phi) is 4.96. The maximum absolute atomic E-state index is 11.9. The minimum absolute atomic E-state index is 0.0925. The first-order valence-electron chi connectivity index (χ1n) is 6.25. The zero-order valence-corrected chi connectivity index (χ0v) is 11.2. The van der Waals surface area contributed by atoms with Gasteiger partial charge < -0.3 is 10.4 Å². The minimum Gasteiger partial charge on any atom is -0.394 e. The molecule has 0 aliphatic carbocycles. The Morgan fingerprint density at radius 3 is 2.79 bits per heavy atom. The first-order chi connectivity index (χ1) is 9.19. The molecule has 2 rings (SSSR count). The number of aliphatic hydroxyl groups excluding tert-OH is 1. The van der Waals surface area contributed by atoms with Crippen molar-refractivity contribution in [2.75, 3.05) is 13.2 Å². The van der Waals surface area contributed by atoms with E-state index < -0.39 is 0 Å². The fourth-order valence-corrected chi connectivity index (χ4v) is 2.13. The van der Waals surface area contributed by atoms with E-state index in [-0.39, 0.29) is 24.6 Å². The molecule has 19 heavy (non-hydrogen) atoms. The summed E-state index contributed by atoms with van der Waals surface area (Å²) in [4.78, 5) is 11.9. The summed E-state index contributed by atoms with van der Waals surface area (Å²) in [6.45, 7) is 0.615. The average Bonchev–Trinajstić information content (AvgIpc) is 2.94. The molecule has 2 atom stereocenters. The van der Waals surface area contributed by atoms with Gasteiger partial charge in [0.25, 0.3) is 0 Å². The highest BCUT2D eigenvalue weighted by molar-refractivity contribution is 6.30. The standard InChI is InChI=1S/C14H17ClN2O2/c15-11-5-3-10(4-6-11)8-12(9-18)17-14(19)13-2-1-7-16-13/h1-6,12-13,16,18H,7-9H2,(H,17,19)/t12?,13-/m0/s1. The van der Waals surface area contributed by atoms with Crippen LogP contribution >= 0.6 is 11.6 Å². The van der Waals surface area contributed by atoms with Crippen LogP contribution in [0.5, 0.6) is 0 Å². The van der Waals surface area contributed by atoms with Crippen LogP contribution in [0.3, 0.4) is 0 Å². The van der Waals surface area contributed by atoms with Crippen LogP contribution in [0.15, 0.2) is 36.4 Å². The number of rotatable bonds is 5. The first-order valence-corrected chi connectivity index (χ1v) is 6.62. The fourth-order valence-electron chi connectivity index (χ4n) is 2.00. The first kappa shape index (κ1) is 14.1.